The lowest BCUT2D eigenvalue weighted by atomic mass is 9.70. The smallest absolute Gasteiger partial charge is 0.311 e. The van der Waals surface area contributed by atoms with E-state index in [0.717, 1.165) is 6.42 Å². The minimum Gasteiger partial charge on any atom is -0.456 e. The summed E-state index contributed by atoms with van der Waals surface area (Å²) in [6.07, 6.45) is 9.67. The summed E-state index contributed by atoms with van der Waals surface area (Å²) >= 11 is 0. The lowest BCUT2D eigenvalue weighted by molar-refractivity contribution is -0.167. The molecule has 0 aromatic heterocycles. The molecule has 1 fully saturated rings. The summed E-state index contributed by atoms with van der Waals surface area (Å²) in [6.45, 7) is 5.85. The topological polar surface area (TPSA) is 26.3 Å². The van der Waals surface area contributed by atoms with E-state index in [1.807, 2.05) is 20.8 Å². The number of carbonyl (C=O) groups is 1. The minimum absolute atomic E-state index is 0.0618. The van der Waals surface area contributed by atoms with Gasteiger partial charge in [0, 0.05) is 5.41 Å². The van der Waals surface area contributed by atoms with Crippen LogP contribution in [0.25, 0.3) is 0 Å². The fourth-order valence-corrected chi connectivity index (χ4v) is 4.33. The van der Waals surface area contributed by atoms with Gasteiger partial charge in [0.1, 0.15) is 6.10 Å². The second-order valence-corrected chi connectivity index (χ2v) is 8.51. The van der Waals surface area contributed by atoms with Crippen LogP contribution in [0.3, 0.4) is 0 Å². The average Bonchev–Trinajstić information content (AvgIpc) is 2.97. The highest BCUT2D eigenvalue weighted by Crippen LogP contribution is 2.54. The molecule has 0 bridgehead atoms. The molecule has 1 aromatic carbocycles. The molecule has 0 heterocycles. The minimum atomic E-state index is -0.447. The predicted octanol–water partition coefficient (Wildman–Crippen LogP) is 5.60. The van der Waals surface area contributed by atoms with Crippen LogP contribution in [0, 0.1) is 10.8 Å². The first-order valence-electron chi connectivity index (χ1n) is 9.21. The fraction of sp³-hybridized carbons (Fsp3) is 0.667. The van der Waals surface area contributed by atoms with Gasteiger partial charge in [-0.05, 0) is 64.0 Å². The van der Waals surface area contributed by atoms with Gasteiger partial charge >= 0.3 is 5.97 Å². The van der Waals surface area contributed by atoms with Crippen LogP contribution in [0.5, 0.6) is 0 Å². The van der Waals surface area contributed by atoms with Gasteiger partial charge < -0.3 is 4.74 Å². The molecule has 0 amide bonds. The molecular formula is C21H30O2. The van der Waals surface area contributed by atoms with E-state index in [0.29, 0.717) is 0 Å². The molecule has 1 saturated carbocycles. The van der Waals surface area contributed by atoms with Crippen molar-refractivity contribution >= 4 is 5.97 Å². The Morgan fingerprint density at radius 1 is 1.04 bits per heavy atom. The molecule has 1 spiro atoms. The third-order valence-electron chi connectivity index (χ3n) is 5.70. The molecule has 3 rings (SSSR count). The van der Waals surface area contributed by atoms with Gasteiger partial charge in [0.05, 0.1) is 5.41 Å². The highest BCUT2D eigenvalue weighted by molar-refractivity contribution is 5.75. The Labute approximate surface area is 140 Å². The SMILES string of the molecule is CC(C)(C)C(=O)OC1c2ccccc2CCCCC12CCCC2. The van der Waals surface area contributed by atoms with Crippen LogP contribution in [0.1, 0.15) is 82.9 Å². The number of esters is 1. The van der Waals surface area contributed by atoms with Crippen molar-refractivity contribution in [3.8, 4) is 0 Å². The molecule has 0 saturated heterocycles. The van der Waals surface area contributed by atoms with Crippen LogP contribution in [0.2, 0.25) is 0 Å². The Morgan fingerprint density at radius 2 is 1.65 bits per heavy atom. The summed E-state index contributed by atoms with van der Waals surface area (Å²) in [5.74, 6) is -0.0656. The zero-order valence-corrected chi connectivity index (χ0v) is 14.9. The Balaban J connectivity index is 2.02. The summed E-state index contributed by atoms with van der Waals surface area (Å²) < 4.78 is 6.22. The van der Waals surface area contributed by atoms with E-state index in [9.17, 15) is 4.79 Å². The molecule has 2 aliphatic rings. The molecule has 1 aromatic rings. The number of fused-ring (bicyclic) bond motifs is 1. The maximum atomic E-state index is 12.7. The quantitative estimate of drug-likeness (QED) is 0.630. The van der Waals surface area contributed by atoms with Crippen LogP contribution in [0.15, 0.2) is 24.3 Å². The van der Waals surface area contributed by atoms with Crippen molar-refractivity contribution in [3.05, 3.63) is 35.4 Å². The molecule has 23 heavy (non-hydrogen) atoms. The second kappa shape index (κ2) is 6.30. The van der Waals surface area contributed by atoms with Crippen molar-refractivity contribution in [2.75, 3.05) is 0 Å². The highest BCUT2D eigenvalue weighted by Gasteiger charge is 2.46. The van der Waals surface area contributed by atoms with Gasteiger partial charge in [-0.1, -0.05) is 43.5 Å². The van der Waals surface area contributed by atoms with Crippen LogP contribution in [-0.4, -0.2) is 5.97 Å². The third-order valence-corrected chi connectivity index (χ3v) is 5.70. The van der Waals surface area contributed by atoms with Gasteiger partial charge in [0.15, 0.2) is 0 Å². The first-order valence-corrected chi connectivity index (χ1v) is 9.21. The summed E-state index contributed by atoms with van der Waals surface area (Å²) in [5, 5.41) is 0. The van der Waals surface area contributed by atoms with E-state index >= 15 is 0 Å². The van der Waals surface area contributed by atoms with Crippen molar-refractivity contribution in [2.24, 2.45) is 10.8 Å². The monoisotopic (exact) mass is 314 g/mol. The molecule has 126 valence electrons. The summed E-state index contributed by atoms with van der Waals surface area (Å²) in [5.41, 5.74) is 2.37. The third kappa shape index (κ3) is 3.32. The van der Waals surface area contributed by atoms with Crippen molar-refractivity contribution in [1.29, 1.82) is 0 Å². The first kappa shape index (κ1) is 16.5. The van der Waals surface area contributed by atoms with Crippen molar-refractivity contribution in [3.63, 3.8) is 0 Å². The Kier molecular flexibility index (Phi) is 4.53. The van der Waals surface area contributed by atoms with E-state index in [4.69, 9.17) is 4.74 Å². The van der Waals surface area contributed by atoms with E-state index < -0.39 is 5.41 Å². The number of carbonyl (C=O) groups excluding carboxylic acids is 1. The highest BCUT2D eigenvalue weighted by atomic mass is 16.5. The first-order chi connectivity index (χ1) is 10.9. The number of hydrogen-bond donors (Lipinski definition) is 0. The maximum Gasteiger partial charge on any atom is 0.311 e. The van der Waals surface area contributed by atoms with Crippen LogP contribution in [-0.2, 0) is 16.0 Å². The Morgan fingerprint density at radius 3 is 2.30 bits per heavy atom. The van der Waals surface area contributed by atoms with E-state index in [1.54, 1.807) is 0 Å². The molecule has 0 aliphatic heterocycles. The van der Waals surface area contributed by atoms with E-state index in [1.165, 1.54) is 56.1 Å². The summed E-state index contributed by atoms with van der Waals surface area (Å²) in [4.78, 5) is 12.7. The van der Waals surface area contributed by atoms with Crippen LogP contribution >= 0.6 is 0 Å². The largest absolute Gasteiger partial charge is 0.456 e. The standard InChI is InChI=1S/C21H30O2/c1-20(2,3)19(22)23-18-17-12-5-4-10-16(17)11-6-7-13-21(18)14-8-9-15-21/h4-5,10,12,18H,6-9,11,13-15H2,1-3H3. The van der Waals surface area contributed by atoms with Crippen molar-refractivity contribution in [1.82, 2.24) is 0 Å². The van der Waals surface area contributed by atoms with Gasteiger partial charge in [0.25, 0.3) is 0 Å². The number of aryl methyl sites for hydroxylation is 1. The van der Waals surface area contributed by atoms with Gasteiger partial charge in [-0.15, -0.1) is 0 Å². The van der Waals surface area contributed by atoms with Gasteiger partial charge in [-0.25, -0.2) is 0 Å². The predicted molar refractivity (Wildman–Crippen MR) is 93.2 cm³/mol. The molecule has 1 atom stereocenters. The van der Waals surface area contributed by atoms with Gasteiger partial charge in [-0.3, -0.25) is 4.79 Å². The molecule has 2 nitrogen and oxygen atoms in total. The summed E-state index contributed by atoms with van der Waals surface area (Å²) in [7, 11) is 0. The Hall–Kier alpha value is -1.31. The molecule has 2 heteroatoms. The number of rotatable bonds is 1. The second-order valence-electron chi connectivity index (χ2n) is 8.51. The van der Waals surface area contributed by atoms with Crippen molar-refractivity contribution < 1.29 is 9.53 Å². The van der Waals surface area contributed by atoms with Gasteiger partial charge in [0.2, 0.25) is 0 Å². The normalized spacial score (nSPS) is 23.9. The lowest BCUT2D eigenvalue weighted by Crippen LogP contribution is -2.35. The van der Waals surface area contributed by atoms with Crippen LogP contribution in [0.4, 0.5) is 0 Å². The van der Waals surface area contributed by atoms with Crippen molar-refractivity contribution in [2.45, 2.75) is 78.2 Å². The average molecular weight is 314 g/mol. The fourth-order valence-electron chi connectivity index (χ4n) is 4.33. The zero-order chi connectivity index (χ0) is 16.5. The van der Waals surface area contributed by atoms with Gasteiger partial charge in [-0.2, -0.15) is 0 Å². The zero-order valence-electron chi connectivity index (χ0n) is 14.9. The van der Waals surface area contributed by atoms with E-state index in [2.05, 4.69) is 24.3 Å². The number of benzene rings is 1. The number of ether oxygens (including phenoxy) is 1. The molecule has 0 radical (unpaired) electrons. The number of hydrogen-bond acceptors (Lipinski definition) is 2. The molecule has 1 unspecified atom stereocenters. The molecule has 0 N–H and O–H groups in total. The Bertz CT molecular complexity index is 561. The lowest BCUT2D eigenvalue weighted by Gasteiger charge is -2.40. The summed E-state index contributed by atoms with van der Waals surface area (Å²) in [6, 6.07) is 8.63. The molecule has 2 aliphatic carbocycles. The maximum absolute atomic E-state index is 12.7. The van der Waals surface area contributed by atoms with E-state index in [-0.39, 0.29) is 17.5 Å². The molecular weight excluding hydrogens is 284 g/mol. The van der Waals surface area contributed by atoms with Crippen LogP contribution < -0.4 is 0 Å².